The van der Waals surface area contributed by atoms with E-state index in [1.54, 1.807) is 0 Å². The molecule has 2 fully saturated rings. The van der Waals surface area contributed by atoms with E-state index in [1.807, 2.05) is 0 Å². The Morgan fingerprint density at radius 1 is 1.32 bits per heavy atom. The lowest BCUT2D eigenvalue weighted by atomic mass is 10.1. The van der Waals surface area contributed by atoms with Crippen molar-refractivity contribution in [2.75, 3.05) is 13.1 Å². The molecule has 2 saturated carbocycles. The normalized spacial score (nSPS) is 25.1. The summed E-state index contributed by atoms with van der Waals surface area (Å²) in [4.78, 5) is 24.6. The van der Waals surface area contributed by atoms with Gasteiger partial charge < -0.3 is 15.3 Å². The first-order valence-corrected chi connectivity index (χ1v) is 7.16. The predicted octanol–water partition coefficient (Wildman–Crippen LogP) is 2.07. The summed E-state index contributed by atoms with van der Waals surface area (Å²) < 4.78 is 0. The van der Waals surface area contributed by atoms with Crippen molar-refractivity contribution in [3.63, 3.8) is 0 Å². The number of carbonyl (C=O) groups is 2. The Morgan fingerprint density at radius 3 is 2.37 bits per heavy atom. The lowest BCUT2D eigenvalue weighted by molar-refractivity contribution is -0.138. The zero-order valence-electron chi connectivity index (χ0n) is 11.8. The van der Waals surface area contributed by atoms with E-state index in [4.69, 9.17) is 5.11 Å². The van der Waals surface area contributed by atoms with Crippen LogP contribution in [0.4, 0.5) is 4.79 Å². The fourth-order valence-electron chi connectivity index (χ4n) is 2.97. The number of urea groups is 1. The number of nitrogens with zero attached hydrogens (tertiary/aromatic N) is 1. The van der Waals surface area contributed by atoms with Crippen molar-refractivity contribution in [2.45, 2.75) is 52.0 Å². The van der Waals surface area contributed by atoms with Crippen molar-refractivity contribution in [3.05, 3.63) is 0 Å². The number of hydrogen-bond acceptors (Lipinski definition) is 2. The number of carboxylic acid groups (broad SMARTS) is 1. The van der Waals surface area contributed by atoms with Crippen molar-refractivity contribution in [3.8, 4) is 0 Å². The Balaban J connectivity index is 1.85. The van der Waals surface area contributed by atoms with Crippen molar-refractivity contribution < 1.29 is 14.7 Å². The first-order valence-electron chi connectivity index (χ1n) is 7.16. The van der Waals surface area contributed by atoms with Crippen LogP contribution in [0, 0.1) is 11.3 Å². The van der Waals surface area contributed by atoms with Gasteiger partial charge in [-0.15, -0.1) is 0 Å². The molecule has 2 N–H and O–H groups in total. The van der Waals surface area contributed by atoms with Crippen LogP contribution in [0.5, 0.6) is 0 Å². The number of amides is 2. The third-order valence-corrected chi connectivity index (χ3v) is 4.55. The highest BCUT2D eigenvalue weighted by atomic mass is 16.4. The van der Waals surface area contributed by atoms with Gasteiger partial charge in [-0.25, -0.2) is 4.79 Å². The molecule has 0 heterocycles. The predicted molar refractivity (Wildman–Crippen MR) is 71.9 cm³/mol. The molecule has 108 valence electrons. The molecule has 0 bridgehead atoms. The van der Waals surface area contributed by atoms with E-state index in [-0.39, 0.29) is 18.6 Å². The molecule has 0 radical (unpaired) electrons. The van der Waals surface area contributed by atoms with E-state index < -0.39 is 5.97 Å². The van der Waals surface area contributed by atoms with Crippen LogP contribution in [0.3, 0.4) is 0 Å². The topological polar surface area (TPSA) is 69.6 Å². The van der Waals surface area contributed by atoms with Gasteiger partial charge in [-0.2, -0.15) is 0 Å². The Labute approximate surface area is 114 Å². The highest BCUT2D eigenvalue weighted by molar-refractivity contribution is 5.80. The molecule has 2 aliphatic carbocycles. The van der Waals surface area contributed by atoms with Gasteiger partial charge in [0.15, 0.2) is 0 Å². The molecular weight excluding hydrogens is 244 g/mol. The fourth-order valence-corrected chi connectivity index (χ4v) is 2.97. The van der Waals surface area contributed by atoms with Gasteiger partial charge in [0.1, 0.15) is 6.54 Å². The smallest absolute Gasteiger partial charge is 0.323 e. The van der Waals surface area contributed by atoms with Crippen LogP contribution in [0.1, 0.15) is 46.0 Å². The number of rotatable bonds is 5. The molecule has 5 heteroatoms. The summed E-state index contributed by atoms with van der Waals surface area (Å²) in [6, 6.07) is -0.111. The average molecular weight is 268 g/mol. The zero-order chi connectivity index (χ0) is 14.0. The third kappa shape index (κ3) is 3.61. The second-order valence-electron chi connectivity index (χ2n) is 6.54. The van der Waals surface area contributed by atoms with Gasteiger partial charge in [-0.1, -0.05) is 26.7 Å². The van der Waals surface area contributed by atoms with Gasteiger partial charge >= 0.3 is 12.0 Å². The molecule has 0 aromatic carbocycles. The summed E-state index contributed by atoms with van der Waals surface area (Å²) in [5.74, 6) is -0.402. The monoisotopic (exact) mass is 268 g/mol. The van der Waals surface area contributed by atoms with E-state index >= 15 is 0 Å². The molecule has 2 aliphatic rings. The fraction of sp³-hybridized carbons (Fsp3) is 0.857. The highest BCUT2D eigenvalue weighted by Crippen LogP contribution is 2.50. The summed E-state index contributed by atoms with van der Waals surface area (Å²) in [6.07, 6.45) is 5.16. The van der Waals surface area contributed by atoms with E-state index in [0.717, 1.165) is 32.1 Å². The second-order valence-corrected chi connectivity index (χ2v) is 6.54. The van der Waals surface area contributed by atoms with E-state index in [2.05, 4.69) is 19.2 Å². The maximum atomic E-state index is 12.2. The Kier molecular flexibility index (Phi) is 4.02. The first kappa shape index (κ1) is 14.2. The number of hydrogen-bond donors (Lipinski definition) is 2. The van der Waals surface area contributed by atoms with Crippen molar-refractivity contribution in [1.29, 1.82) is 0 Å². The number of carboxylic acids is 1. The molecule has 5 nitrogen and oxygen atoms in total. The highest BCUT2D eigenvalue weighted by Gasteiger charge is 2.45. The van der Waals surface area contributed by atoms with Crippen molar-refractivity contribution in [1.82, 2.24) is 10.2 Å². The lowest BCUT2D eigenvalue weighted by Crippen LogP contribution is -2.48. The summed E-state index contributed by atoms with van der Waals surface area (Å²) in [6.45, 7) is 4.85. The molecule has 1 unspecified atom stereocenters. The van der Waals surface area contributed by atoms with Gasteiger partial charge in [-0.05, 0) is 30.6 Å². The first-order chi connectivity index (χ1) is 8.90. The Hall–Kier alpha value is -1.26. The van der Waals surface area contributed by atoms with Crippen LogP contribution in [-0.4, -0.2) is 41.1 Å². The largest absolute Gasteiger partial charge is 0.480 e. The van der Waals surface area contributed by atoms with E-state index in [0.29, 0.717) is 17.9 Å². The maximum absolute atomic E-state index is 12.2. The van der Waals surface area contributed by atoms with Gasteiger partial charge in [0.2, 0.25) is 0 Å². The molecule has 1 atom stereocenters. The van der Waals surface area contributed by atoms with Gasteiger partial charge in [0, 0.05) is 12.6 Å². The minimum absolute atomic E-state index is 0.100. The average Bonchev–Trinajstić information content (AvgIpc) is 2.78. The molecule has 2 rings (SSSR count). The summed E-state index contributed by atoms with van der Waals surface area (Å²) in [5, 5.41) is 11.9. The molecule has 0 aliphatic heterocycles. The SMILES string of the molecule is CC1(C)CC1CNC(=O)N(CC(=O)O)C1CCCC1. The van der Waals surface area contributed by atoms with Crippen LogP contribution >= 0.6 is 0 Å². The molecule has 2 amide bonds. The molecule has 0 spiro atoms. The van der Waals surface area contributed by atoms with E-state index in [1.165, 1.54) is 4.90 Å². The minimum atomic E-state index is -0.936. The van der Waals surface area contributed by atoms with Gasteiger partial charge in [0.25, 0.3) is 0 Å². The number of carbonyl (C=O) groups excluding carboxylic acids is 1. The van der Waals surface area contributed by atoms with E-state index in [9.17, 15) is 9.59 Å². The molecule has 0 saturated heterocycles. The quantitative estimate of drug-likeness (QED) is 0.802. The van der Waals surface area contributed by atoms with Gasteiger partial charge in [0.05, 0.1) is 0 Å². The second kappa shape index (κ2) is 5.39. The van der Waals surface area contributed by atoms with Crippen LogP contribution in [0.25, 0.3) is 0 Å². The van der Waals surface area contributed by atoms with Crippen molar-refractivity contribution in [2.24, 2.45) is 11.3 Å². The van der Waals surface area contributed by atoms with Crippen LogP contribution < -0.4 is 5.32 Å². The zero-order valence-corrected chi connectivity index (χ0v) is 11.8. The summed E-state index contributed by atoms with van der Waals surface area (Å²) in [7, 11) is 0. The Morgan fingerprint density at radius 2 is 1.89 bits per heavy atom. The molecule has 19 heavy (non-hydrogen) atoms. The van der Waals surface area contributed by atoms with Crippen LogP contribution in [-0.2, 0) is 4.79 Å². The van der Waals surface area contributed by atoms with Crippen LogP contribution in [0.2, 0.25) is 0 Å². The Bertz CT molecular complexity index is 362. The minimum Gasteiger partial charge on any atom is -0.480 e. The number of nitrogens with one attached hydrogen (secondary N) is 1. The third-order valence-electron chi connectivity index (χ3n) is 4.55. The molecular formula is C14H24N2O3. The summed E-state index contributed by atoms with van der Waals surface area (Å²) in [5.41, 5.74) is 0.332. The molecule has 0 aromatic rings. The standard InChI is InChI=1S/C14H24N2O3/c1-14(2)7-10(14)8-15-13(19)16(9-12(17)18)11-5-3-4-6-11/h10-11H,3-9H2,1-2H3,(H,15,19)(H,17,18). The molecule has 0 aromatic heterocycles. The van der Waals surface area contributed by atoms with Crippen molar-refractivity contribution >= 4 is 12.0 Å². The van der Waals surface area contributed by atoms with Gasteiger partial charge in [-0.3, -0.25) is 4.79 Å². The maximum Gasteiger partial charge on any atom is 0.323 e. The summed E-state index contributed by atoms with van der Waals surface area (Å²) >= 11 is 0. The number of aliphatic carboxylic acids is 1. The lowest BCUT2D eigenvalue weighted by Gasteiger charge is -2.27. The van der Waals surface area contributed by atoms with Crippen LogP contribution in [0.15, 0.2) is 0 Å².